The first-order valence-corrected chi connectivity index (χ1v) is 9.62. The van der Waals surface area contributed by atoms with E-state index in [0.29, 0.717) is 34.8 Å². The minimum Gasteiger partial charge on any atom is -0.489 e. The van der Waals surface area contributed by atoms with Crippen molar-refractivity contribution in [3.05, 3.63) is 65.0 Å². The highest BCUT2D eigenvalue weighted by Crippen LogP contribution is 2.26. The molecule has 0 aliphatic rings. The molecule has 9 nitrogen and oxygen atoms in total. The molecule has 2 amide bonds. The van der Waals surface area contributed by atoms with E-state index in [1.807, 2.05) is 26.0 Å². The number of fused-ring (bicyclic) bond motifs is 1. The van der Waals surface area contributed by atoms with Gasteiger partial charge in [0, 0.05) is 16.6 Å². The van der Waals surface area contributed by atoms with Gasteiger partial charge in [0.05, 0.1) is 16.8 Å². The van der Waals surface area contributed by atoms with Crippen LogP contribution in [0.4, 0.5) is 16.3 Å². The van der Waals surface area contributed by atoms with Gasteiger partial charge in [-0.05, 0) is 63.2 Å². The van der Waals surface area contributed by atoms with Gasteiger partial charge < -0.3 is 14.6 Å². The lowest BCUT2D eigenvalue weighted by molar-refractivity contribution is 0.101. The maximum Gasteiger partial charge on any atom is 0.324 e. The number of rotatable bonds is 6. The van der Waals surface area contributed by atoms with E-state index in [1.165, 1.54) is 6.92 Å². The van der Waals surface area contributed by atoms with Gasteiger partial charge >= 0.3 is 6.03 Å². The number of hydrogen-bond donors (Lipinski definition) is 3. The molecule has 2 aromatic heterocycles. The number of nitrogens with zero attached hydrogens (tertiary/aromatic N) is 2. The third-order valence-corrected chi connectivity index (χ3v) is 4.88. The lowest BCUT2D eigenvalue weighted by Gasteiger charge is -2.08. The fourth-order valence-corrected chi connectivity index (χ4v) is 3.10. The predicted octanol–water partition coefficient (Wildman–Crippen LogP) is 4.59. The summed E-state index contributed by atoms with van der Waals surface area (Å²) in [4.78, 5) is 23.8. The summed E-state index contributed by atoms with van der Waals surface area (Å²) in [5.74, 6) is 1.68. The highest BCUT2D eigenvalue weighted by atomic mass is 16.5. The number of ketones is 1. The Labute approximate surface area is 177 Å². The standard InChI is InChI=1S/C22H21N5O4/c1-12-19(14(3)31-27-12)11-30-17-8-9-20-18(10-17)21(26-25-20)24-22(29)23-16-6-4-15(5-7-16)13(2)28/h4-10H,11H2,1-3H3,(H3,23,24,25,26,29). The quantitative estimate of drug-likeness (QED) is 0.393. The SMILES string of the molecule is CC(=O)c1ccc(NC(=O)Nc2n[nH]c3ccc(OCc4c(C)noc4C)cc23)cc1. The molecule has 3 N–H and O–H groups in total. The fraction of sp³-hybridized carbons (Fsp3) is 0.182. The summed E-state index contributed by atoms with van der Waals surface area (Å²) in [5.41, 5.74) is 3.59. The molecule has 9 heteroatoms. The lowest BCUT2D eigenvalue weighted by atomic mass is 10.1. The maximum absolute atomic E-state index is 12.4. The lowest BCUT2D eigenvalue weighted by Crippen LogP contribution is -2.19. The van der Waals surface area contributed by atoms with E-state index in [2.05, 4.69) is 26.0 Å². The first kappa shape index (κ1) is 20.1. The van der Waals surface area contributed by atoms with Crippen molar-refractivity contribution < 1.29 is 18.8 Å². The summed E-state index contributed by atoms with van der Waals surface area (Å²) >= 11 is 0. The highest BCUT2D eigenvalue weighted by molar-refractivity contribution is 6.05. The monoisotopic (exact) mass is 419 g/mol. The Morgan fingerprint density at radius 2 is 1.87 bits per heavy atom. The van der Waals surface area contributed by atoms with Crippen LogP contribution in [0.1, 0.15) is 34.3 Å². The number of amides is 2. The minimum absolute atomic E-state index is 0.0358. The van der Waals surface area contributed by atoms with Gasteiger partial charge in [0.1, 0.15) is 18.1 Å². The number of urea groups is 1. The van der Waals surface area contributed by atoms with Crippen LogP contribution in [0.15, 0.2) is 47.0 Å². The molecule has 0 bridgehead atoms. The van der Waals surface area contributed by atoms with Crippen molar-refractivity contribution >= 4 is 34.2 Å². The number of carbonyl (C=O) groups excluding carboxylic acids is 2. The molecule has 4 rings (SSSR count). The number of hydrogen-bond acceptors (Lipinski definition) is 6. The molecular weight excluding hydrogens is 398 g/mol. The van der Waals surface area contributed by atoms with Crippen LogP contribution in [0.2, 0.25) is 0 Å². The second kappa shape index (κ2) is 8.31. The van der Waals surface area contributed by atoms with E-state index >= 15 is 0 Å². The molecule has 0 unspecified atom stereocenters. The van der Waals surface area contributed by atoms with Crippen LogP contribution in [-0.2, 0) is 6.61 Å². The average Bonchev–Trinajstić information content (AvgIpc) is 3.29. The van der Waals surface area contributed by atoms with Crippen molar-refractivity contribution in [1.82, 2.24) is 15.4 Å². The number of H-pyrrole nitrogens is 1. The maximum atomic E-state index is 12.4. The number of benzene rings is 2. The zero-order valence-corrected chi connectivity index (χ0v) is 17.3. The zero-order valence-electron chi connectivity index (χ0n) is 17.3. The molecule has 4 aromatic rings. The van der Waals surface area contributed by atoms with E-state index in [9.17, 15) is 9.59 Å². The fourth-order valence-electron chi connectivity index (χ4n) is 3.10. The summed E-state index contributed by atoms with van der Waals surface area (Å²) in [6.07, 6.45) is 0. The first-order chi connectivity index (χ1) is 14.9. The zero-order chi connectivity index (χ0) is 22.0. The number of anilines is 2. The Hall–Kier alpha value is -4.14. The Balaban J connectivity index is 1.45. The van der Waals surface area contributed by atoms with Crippen LogP contribution in [0.5, 0.6) is 5.75 Å². The van der Waals surface area contributed by atoms with Crippen LogP contribution in [0.3, 0.4) is 0 Å². The Bertz CT molecular complexity index is 1240. The van der Waals surface area contributed by atoms with Crippen LogP contribution < -0.4 is 15.4 Å². The molecule has 0 aliphatic heterocycles. The molecule has 0 radical (unpaired) electrons. The van der Waals surface area contributed by atoms with E-state index in [0.717, 1.165) is 22.5 Å². The van der Waals surface area contributed by atoms with Crippen molar-refractivity contribution in [3.63, 3.8) is 0 Å². The number of Topliss-reactive ketones (excluding diaryl/α,β-unsaturated/α-hetero) is 1. The summed E-state index contributed by atoms with van der Waals surface area (Å²) in [5, 5.41) is 17.1. The van der Waals surface area contributed by atoms with Gasteiger partial charge in [-0.15, -0.1) is 0 Å². The molecule has 0 spiro atoms. The summed E-state index contributed by atoms with van der Waals surface area (Å²) < 4.78 is 11.0. The van der Waals surface area contributed by atoms with Crippen LogP contribution in [0, 0.1) is 13.8 Å². The van der Waals surface area contributed by atoms with Crippen molar-refractivity contribution in [2.24, 2.45) is 0 Å². The highest BCUT2D eigenvalue weighted by Gasteiger charge is 2.13. The Morgan fingerprint density at radius 1 is 1.10 bits per heavy atom. The predicted molar refractivity (Wildman–Crippen MR) is 115 cm³/mol. The molecule has 2 heterocycles. The van der Waals surface area contributed by atoms with E-state index in [1.54, 1.807) is 30.3 Å². The number of nitrogens with one attached hydrogen (secondary N) is 3. The Kier molecular flexibility index (Phi) is 5.40. The molecule has 0 saturated carbocycles. The van der Waals surface area contributed by atoms with Gasteiger partial charge in [-0.25, -0.2) is 4.79 Å². The van der Waals surface area contributed by atoms with Crippen LogP contribution in [-0.4, -0.2) is 27.2 Å². The second-order valence-electron chi connectivity index (χ2n) is 7.08. The molecular formula is C22H21N5O4. The van der Waals surface area contributed by atoms with Crippen molar-refractivity contribution in [3.8, 4) is 5.75 Å². The number of aryl methyl sites for hydroxylation is 2. The number of aromatic amines is 1. The summed E-state index contributed by atoms with van der Waals surface area (Å²) in [6, 6.07) is 11.6. The number of aromatic nitrogens is 3. The number of carbonyl (C=O) groups is 2. The topological polar surface area (TPSA) is 122 Å². The van der Waals surface area contributed by atoms with Crippen molar-refractivity contribution in [1.29, 1.82) is 0 Å². The van der Waals surface area contributed by atoms with Gasteiger partial charge in [0.15, 0.2) is 11.6 Å². The third-order valence-electron chi connectivity index (χ3n) is 4.88. The Morgan fingerprint density at radius 3 is 2.55 bits per heavy atom. The van der Waals surface area contributed by atoms with Gasteiger partial charge in [-0.3, -0.25) is 15.2 Å². The molecule has 0 aliphatic carbocycles. The van der Waals surface area contributed by atoms with Gasteiger partial charge in [-0.1, -0.05) is 5.16 Å². The molecule has 31 heavy (non-hydrogen) atoms. The molecule has 0 fully saturated rings. The molecule has 158 valence electrons. The van der Waals surface area contributed by atoms with Crippen LogP contribution in [0.25, 0.3) is 10.9 Å². The first-order valence-electron chi connectivity index (χ1n) is 9.62. The molecule has 2 aromatic carbocycles. The summed E-state index contributed by atoms with van der Waals surface area (Å²) in [6.45, 7) is 5.52. The summed E-state index contributed by atoms with van der Waals surface area (Å²) in [7, 11) is 0. The second-order valence-corrected chi connectivity index (χ2v) is 7.08. The smallest absolute Gasteiger partial charge is 0.324 e. The van der Waals surface area contributed by atoms with Gasteiger partial charge in [-0.2, -0.15) is 5.10 Å². The van der Waals surface area contributed by atoms with E-state index in [-0.39, 0.29) is 5.78 Å². The van der Waals surface area contributed by atoms with Gasteiger partial charge in [0.2, 0.25) is 0 Å². The van der Waals surface area contributed by atoms with E-state index in [4.69, 9.17) is 9.26 Å². The minimum atomic E-state index is -0.453. The van der Waals surface area contributed by atoms with Crippen molar-refractivity contribution in [2.45, 2.75) is 27.4 Å². The van der Waals surface area contributed by atoms with Crippen molar-refractivity contribution in [2.75, 3.05) is 10.6 Å². The van der Waals surface area contributed by atoms with Crippen LogP contribution >= 0.6 is 0 Å². The normalized spacial score (nSPS) is 10.8. The average molecular weight is 419 g/mol. The third kappa shape index (κ3) is 4.40. The molecule has 0 saturated heterocycles. The molecule has 0 atom stereocenters. The van der Waals surface area contributed by atoms with Gasteiger partial charge in [0.25, 0.3) is 0 Å². The largest absolute Gasteiger partial charge is 0.489 e. The van der Waals surface area contributed by atoms with E-state index < -0.39 is 6.03 Å². The number of ether oxygens (including phenoxy) is 1.